The van der Waals surface area contributed by atoms with Crippen molar-refractivity contribution in [2.45, 2.75) is 27.7 Å². The average Bonchev–Trinajstić information content (AvgIpc) is 2.54. The summed E-state index contributed by atoms with van der Waals surface area (Å²) in [6.45, 7) is 8.23. The van der Waals surface area contributed by atoms with Gasteiger partial charge in [-0.2, -0.15) is 0 Å². The summed E-state index contributed by atoms with van der Waals surface area (Å²) >= 11 is 0. The van der Waals surface area contributed by atoms with Crippen molar-refractivity contribution in [3.05, 3.63) is 47.3 Å². The van der Waals surface area contributed by atoms with Crippen LogP contribution in [0, 0.1) is 20.8 Å². The van der Waals surface area contributed by atoms with Crippen LogP contribution in [-0.2, 0) is 0 Å². The number of pyridine rings is 2. The van der Waals surface area contributed by atoms with Crippen LogP contribution in [-0.4, -0.2) is 21.7 Å². The summed E-state index contributed by atoms with van der Waals surface area (Å²) in [5.74, 6) is 1.09. The highest BCUT2D eigenvalue weighted by molar-refractivity contribution is 5.92. The van der Waals surface area contributed by atoms with Gasteiger partial charge in [-0.1, -0.05) is 0 Å². The van der Waals surface area contributed by atoms with Gasteiger partial charge >= 0.3 is 0 Å². The molecule has 0 spiro atoms. The molecular weight excluding hydrogens is 338 g/mol. The van der Waals surface area contributed by atoms with E-state index in [1.807, 2.05) is 52.0 Å². The van der Waals surface area contributed by atoms with Gasteiger partial charge in [-0.25, -0.2) is 9.97 Å². The SMILES string of the molecule is CCOc1cc2c(Nc3cc(C)c(O)c(C)c3)ccnc2nc1C.Cl. The first-order chi connectivity index (χ1) is 11.5. The lowest BCUT2D eigenvalue weighted by atomic mass is 10.1. The van der Waals surface area contributed by atoms with Crippen LogP contribution in [0.25, 0.3) is 11.0 Å². The number of aryl methyl sites for hydroxylation is 3. The number of hydrogen-bond acceptors (Lipinski definition) is 5. The van der Waals surface area contributed by atoms with Crippen molar-refractivity contribution in [3.63, 3.8) is 0 Å². The van der Waals surface area contributed by atoms with Crippen molar-refractivity contribution >= 4 is 34.8 Å². The summed E-state index contributed by atoms with van der Waals surface area (Å²) in [5.41, 5.74) is 4.98. The predicted molar refractivity (Wildman–Crippen MR) is 104 cm³/mol. The predicted octanol–water partition coefficient (Wildman–Crippen LogP) is 4.82. The van der Waals surface area contributed by atoms with E-state index in [1.165, 1.54) is 0 Å². The molecule has 0 aliphatic heterocycles. The first-order valence-corrected chi connectivity index (χ1v) is 7.96. The van der Waals surface area contributed by atoms with Gasteiger partial charge in [0.15, 0.2) is 5.65 Å². The zero-order valence-electron chi connectivity index (χ0n) is 14.8. The van der Waals surface area contributed by atoms with Crippen LogP contribution < -0.4 is 10.1 Å². The minimum Gasteiger partial charge on any atom is -0.507 e. The highest BCUT2D eigenvalue weighted by Crippen LogP contribution is 2.31. The number of aromatic nitrogens is 2. The van der Waals surface area contributed by atoms with Crippen molar-refractivity contribution in [3.8, 4) is 11.5 Å². The summed E-state index contributed by atoms with van der Waals surface area (Å²) in [6.07, 6.45) is 1.73. The molecule has 0 unspecified atom stereocenters. The number of hydrogen-bond donors (Lipinski definition) is 2. The Balaban J connectivity index is 0.00000225. The summed E-state index contributed by atoms with van der Waals surface area (Å²) in [6, 6.07) is 7.71. The van der Waals surface area contributed by atoms with Crippen LogP contribution in [0.15, 0.2) is 30.5 Å². The molecule has 0 saturated heterocycles. The van der Waals surface area contributed by atoms with Gasteiger partial charge in [0.05, 0.1) is 18.0 Å². The number of fused-ring (bicyclic) bond motifs is 1. The highest BCUT2D eigenvalue weighted by Gasteiger charge is 2.10. The maximum Gasteiger partial charge on any atom is 0.161 e. The third-order valence-corrected chi connectivity index (χ3v) is 3.94. The Morgan fingerprint density at radius 1 is 1.12 bits per heavy atom. The van der Waals surface area contributed by atoms with E-state index < -0.39 is 0 Å². The number of phenolic OH excluding ortho intramolecular Hbond substituents is 1. The smallest absolute Gasteiger partial charge is 0.161 e. The normalized spacial score (nSPS) is 10.4. The lowest BCUT2D eigenvalue weighted by Crippen LogP contribution is -1.99. The first-order valence-electron chi connectivity index (χ1n) is 7.96. The van der Waals surface area contributed by atoms with E-state index in [2.05, 4.69) is 15.3 Å². The molecule has 2 aromatic heterocycles. The van der Waals surface area contributed by atoms with E-state index in [9.17, 15) is 5.11 Å². The van der Waals surface area contributed by atoms with E-state index in [1.54, 1.807) is 6.20 Å². The fourth-order valence-corrected chi connectivity index (χ4v) is 2.74. The van der Waals surface area contributed by atoms with Crippen LogP contribution in [0.5, 0.6) is 11.5 Å². The van der Waals surface area contributed by atoms with E-state index >= 15 is 0 Å². The topological polar surface area (TPSA) is 67.3 Å². The van der Waals surface area contributed by atoms with Crippen molar-refractivity contribution in [1.29, 1.82) is 0 Å². The molecule has 5 nitrogen and oxygen atoms in total. The van der Waals surface area contributed by atoms with Crippen molar-refractivity contribution < 1.29 is 9.84 Å². The Kier molecular flexibility index (Phi) is 5.69. The van der Waals surface area contributed by atoms with Gasteiger partial charge in [0.25, 0.3) is 0 Å². The Labute approximate surface area is 153 Å². The van der Waals surface area contributed by atoms with Crippen LogP contribution in [0.2, 0.25) is 0 Å². The maximum absolute atomic E-state index is 9.93. The Hall–Kier alpha value is -2.53. The molecule has 0 radical (unpaired) electrons. The van der Waals surface area contributed by atoms with Gasteiger partial charge in [0.1, 0.15) is 11.5 Å². The van der Waals surface area contributed by atoms with Crippen molar-refractivity contribution in [2.75, 3.05) is 11.9 Å². The zero-order valence-corrected chi connectivity index (χ0v) is 15.6. The molecule has 1 aromatic carbocycles. The molecule has 0 aliphatic rings. The van der Waals surface area contributed by atoms with Crippen molar-refractivity contribution in [2.24, 2.45) is 0 Å². The van der Waals surface area contributed by atoms with Crippen LogP contribution in [0.4, 0.5) is 11.4 Å². The van der Waals surface area contributed by atoms with E-state index in [0.717, 1.165) is 39.3 Å². The second kappa shape index (κ2) is 7.57. The number of nitrogens with zero attached hydrogens (tertiary/aromatic N) is 2. The molecule has 0 bridgehead atoms. The second-order valence-corrected chi connectivity index (χ2v) is 5.82. The average molecular weight is 360 g/mol. The minimum absolute atomic E-state index is 0. The Bertz CT molecular complexity index is 890. The van der Waals surface area contributed by atoms with Crippen LogP contribution in [0.1, 0.15) is 23.7 Å². The number of rotatable bonds is 4. The molecule has 132 valence electrons. The molecule has 2 heterocycles. The van der Waals surface area contributed by atoms with Gasteiger partial charge in [-0.05, 0) is 63.1 Å². The molecule has 0 saturated carbocycles. The Morgan fingerprint density at radius 3 is 2.44 bits per heavy atom. The molecule has 0 fully saturated rings. The second-order valence-electron chi connectivity index (χ2n) is 5.82. The monoisotopic (exact) mass is 359 g/mol. The van der Waals surface area contributed by atoms with Gasteiger partial charge in [0.2, 0.25) is 0 Å². The standard InChI is InChI=1S/C19H21N3O2.ClH/c1-5-24-17-10-15-16(6-7-20-19(15)21-13(17)4)22-14-8-11(2)18(23)12(3)9-14;/h6-10,23H,5H2,1-4H3,(H,20,21,22);1H. The highest BCUT2D eigenvalue weighted by atomic mass is 35.5. The fraction of sp³-hybridized carbons (Fsp3) is 0.263. The third-order valence-electron chi connectivity index (χ3n) is 3.94. The summed E-state index contributed by atoms with van der Waals surface area (Å²) in [4.78, 5) is 8.88. The lowest BCUT2D eigenvalue weighted by Gasteiger charge is -2.14. The van der Waals surface area contributed by atoms with Crippen molar-refractivity contribution in [1.82, 2.24) is 9.97 Å². The number of nitrogens with one attached hydrogen (secondary N) is 1. The van der Waals surface area contributed by atoms with E-state index in [4.69, 9.17) is 4.74 Å². The molecule has 0 amide bonds. The van der Waals surface area contributed by atoms with E-state index in [0.29, 0.717) is 18.0 Å². The summed E-state index contributed by atoms with van der Waals surface area (Å²) < 4.78 is 5.65. The molecule has 0 aliphatic carbocycles. The Morgan fingerprint density at radius 2 is 1.80 bits per heavy atom. The summed E-state index contributed by atoms with van der Waals surface area (Å²) in [7, 11) is 0. The van der Waals surface area contributed by atoms with Gasteiger partial charge in [-0.15, -0.1) is 12.4 Å². The van der Waals surface area contributed by atoms with Crippen LogP contribution >= 0.6 is 12.4 Å². The number of ether oxygens (including phenoxy) is 1. The molecule has 3 rings (SSSR count). The number of halogens is 1. The number of phenols is 1. The molecule has 6 heteroatoms. The third kappa shape index (κ3) is 3.77. The van der Waals surface area contributed by atoms with E-state index in [-0.39, 0.29) is 12.4 Å². The van der Waals surface area contributed by atoms with Crippen LogP contribution in [0.3, 0.4) is 0 Å². The minimum atomic E-state index is 0. The molecule has 2 N–H and O–H groups in total. The first kappa shape index (κ1) is 18.8. The molecule has 0 atom stereocenters. The summed E-state index contributed by atoms with van der Waals surface area (Å²) in [5, 5.41) is 14.2. The quantitative estimate of drug-likeness (QED) is 0.653. The van der Waals surface area contributed by atoms with Gasteiger partial charge in [-0.3, -0.25) is 0 Å². The maximum atomic E-state index is 9.93. The molecule has 3 aromatic rings. The number of benzene rings is 1. The zero-order chi connectivity index (χ0) is 17.3. The lowest BCUT2D eigenvalue weighted by molar-refractivity contribution is 0.337. The number of aromatic hydroxyl groups is 1. The largest absolute Gasteiger partial charge is 0.507 e. The fourth-order valence-electron chi connectivity index (χ4n) is 2.74. The molecular formula is C19H22ClN3O2. The van der Waals surface area contributed by atoms with Gasteiger partial charge in [0, 0.05) is 17.3 Å². The molecule has 25 heavy (non-hydrogen) atoms. The van der Waals surface area contributed by atoms with Gasteiger partial charge < -0.3 is 15.2 Å². The number of anilines is 2.